The summed E-state index contributed by atoms with van der Waals surface area (Å²) in [5, 5.41) is 0. The maximum Gasteiger partial charge on any atom is 0.115 e. The number of hydrogen-bond acceptors (Lipinski definition) is 4. The second-order valence-electron chi connectivity index (χ2n) is 6.03. The summed E-state index contributed by atoms with van der Waals surface area (Å²) < 4.78 is 0. The molecule has 0 aliphatic carbocycles. The topological polar surface area (TPSA) is 32.3 Å². The molecule has 1 aliphatic rings. The summed E-state index contributed by atoms with van der Waals surface area (Å²) in [6, 6.07) is 8.61. The van der Waals surface area contributed by atoms with Crippen molar-refractivity contribution in [1.82, 2.24) is 19.8 Å². The summed E-state index contributed by atoms with van der Waals surface area (Å²) in [6.45, 7) is 5.97. The Balaban J connectivity index is 1.59. The predicted molar refractivity (Wildman–Crippen MR) is 89.7 cm³/mol. The third kappa shape index (κ3) is 3.90. The van der Waals surface area contributed by atoms with Crippen molar-refractivity contribution in [3.8, 4) is 11.1 Å². The molecule has 22 heavy (non-hydrogen) atoms. The van der Waals surface area contributed by atoms with Crippen molar-refractivity contribution in [2.24, 2.45) is 0 Å². The average molecular weight is 296 g/mol. The normalized spacial score (nSPS) is 16.8. The zero-order valence-electron chi connectivity index (χ0n) is 13.3. The van der Waals surface area contributed by atoms with Gasteiger partial charge in [0.1, 0.15) is 6.33 Å². The number of piperazine rings is 1. The summed E-state index contributed by atoms with van der Waals surface area (Å²) in [7, 11) is 2.20. The van der Waals surface area contributed by atoms with Crippen LogP contribution in [0.15, 0.2) is 43.0 Å². The lowest BCUT2D eigenvalue weighted by Crippen LogP contribution is -2.44. The lowest BCUT2D eigenvalue weighted by Gasteiger charge is -2.32. The van der Waals surface area contributed by atoms with E-state index < -0.39 is 0 Å². The van der Waals surface area contributed by atoms with E-state index in [-0.39, 0.29) is 0 Å². The molecule has 0 atom stereocenters. The molecule has 0 N–H and O–H groups in total. The maximum absolute atomic E-state index is 4.14. The molecule has 2 aromatic rings. The molecule has 1 aromatic heterocycles. The molecule has 0 bridgehead atoms. The molecule has 0 spiro atoms. The molecule has 1 saturated heterocycles. The number of nitrogens with zero attached hydrogens (tertiary/aromatic N) is 4. The van der Waals surface area contributed by atoms with E-state index in [0.29, 0.717) is 0 Å². The van der Waals surface area contributed by atoms with Crippen molar-refractivity contribution in [3.63, 3.8) is 0 Å². The fourth-order valence-corrected chi connectivity index (χ4v) is 3.02. The van der Waals surface area contributed by atoms with Gasteiger partial charge in [0.15, 0.2) is 0 Å². The van der Waals surface area contributed by atoms with Gasteiger partial charge in [0.25, 0.3) is 0 Å². The van der Waals surface area contributed by atoms with Crippen LogP contribution in [0.4, 0.5) is 0 Å². The van der Waals surface area contributed by atoms with E-state index in [1.165, 1.54) is 50.3 Å². The molecule has 2 heterocycles. The highest BCUT2D eigenvalue weighted by molar-refractivity contribution is 5.65. The van der Waals surface area contributed by atoms with Crippen LogP contribution in [0.25, 0.3) is 11.1 Å². The Kier molecular flexibility index (Phi) is 5.14. The minimum atomic E-state index is 1.11. The molecule has 116 valence electrons. The van der Waals surface area contributed by atoms with Crippen molar-refractivity contribution in [3.05, 3.63) is 48.5 Å². The standard InChI is InChI=1S/C18H24N4/c1-21-9-11-22(12-10-21)8-4-6-16-5-2-3-7-18(16)17-13-19-15-20-14-17/h2-3,5,7,13-15H,4,6,8-12H2,1H3. The van der Waals surface area contributed by atoms with Gasteiger partial charge in [0.2, 0.25) is 0 Å². The van der Waals surface area contributed by atoms with Crippen LogP contribution in [0, 0.1) is 0 Å². The molecule has 1 aromatic carbocycles. The van der Waals surface area contributed by atoms with E-state index >= 15 is 0 Å². The third-order valence-corrected chi connectivity index (χ3v) is 4.41. The van der Waals surface area contributed by atoms with Crippen LogP contribution in [0.2, 0.25) is 0 Å². The number of rotatable bonds is 5. The third-order valence-electron chi connectivity index (χ3n) is 4.41. The van der Waals surface area contributed by atoms with Crippen LogP contribution < -0.4 is 0 Å². The maximum atomic E-state index is 4.14. The summed E-state index contributed by atoms with van der Waals surface area (Å²) in [6.07, 6.45) is 7.68. The molecule has 0 amide bonds. The second kappa shape index (κ2) is 7.47. The summed E-state index contributed by atoms with van der Waals surface area (Å²) in [5.74, 6) is 0. The van der Waals surface area contributed by atoms with Crippen molar-refractivity contribution in [2.45, 2.75) is 12.8 Å². The zero-order valence-corrected chi connectivity index (χ0v) is 13.3. The molecule has 1 fully saturated rings. The van der Waals surface area contributed by atoms with Crippen LogP contribution in [0.3, 0.4) is 0 Å². The number of aromatic nitrogens is 2. The lowest BCUT2D eigenvalue weighted by molar-refractivity contribution is 0.153. The summed E-state index contributed by atoms with van der Waals surface area (Å²) in [5.41, 5.74) is 3.77. The molecule has 1 aliphatic heterocycles. The molecule has 0 radical (unpaired) electrons. The van der Waals surface area contributed by atoms with E-state index in [1.54, 1.807) is 6.33 Å². The summed E-state index contributed by atoms with van der Waals surface area (Å²) >= 11 is 0. The highest BCUT2D eigenvalue weighted by atomic mass is 15.2. The lowest BCUT2D eigenvalue weighted by atomic mass is 9.98. The van der Waals surface area contributed by atoms with Gasteiger partial charge in [0.05, 0.1) is 0 Å². The SMILES string of the molecule is CN1CCN(CCCc2ccccc2-c2cncnc2)CC1. The van der Waals surface area contributed by atoms with E-state index in [2.05, 4.69) is 51.1 Å². The van der Waals surface area contributed by atoms with Gasteiger partial charge >= 0.3 is 0 Å². The fourth-order valence-electron chi connectivity index (χ4n) is 3.02. The predicted octanol–water partition coefficient (Wildman–Crippen LogP) is 2.32. The minimum absolute atomic E-state index is 1.11. The van der Waals surface area contributed by atoms with Crippen LogP contribution in [0.5, 0.6) is 0 Å². The number of likely N-dealkylation sites (N-methyl/N-ethyl adjacent to an activating group) is 1. The smallest absolute Gasteiger partial charge is 0.115 e. The van der Waals surface area contributed by atoms with Crippen molar-refractivity contribution < 1.29 is 0 Å². The number of aryl methyl sites for hydroxylation is 1. The Hall–Kier alpha value is -1.78. The second-order valence-corrected chi connectivity index (χ2v) is 6.03. The van der Waals surface area contributed by atoms with Crippen LogP contribution in [-0.4, -0.2) is 59.5 Å². The van der Waals surface area contributed by atoms with E-state index in [4.69, 9.17) is 0 Å². The van der Waals surface area contributed by atoms with Gasteiger partial charge < -0.3 is 9.80 Å². The first kappa shape index (κ1) is 15.1. The van der Waals surface area contributed by atoms with Gasteiger partial charge in [-0.05, 0) is 37.6 Å². The first-order chi connectivity index (χ1) is 10.8. The fraction of sp³-hybridized carbons (Fsp3) is 0.444. The van der Waals surface area contributed by atoms with Crippen LogP contribution >= 0.6 is 0 Å². The van der Waals surface area contributed by atoms with Crippen molar-refractivity contribution >= 4 is 0 Å². The summed E-state index contributed by atoms with van der Waals surface area (Å²) in [4.78, 5) is 13.3. The molecule has 0 unspecified atom stereocenters. The number of hydrogen-bond donors (Lipinski definition) is 0. The van der Waals surface area contributed by atoms with Crippen LogP contribution in [0.1, 0.15) is 12.0 Å². The van der Waals surface area contributed by atoms with Gasteiger partial charge in [-0.25, -0.2) is 9.97 Å². The highest BCUT2D eigenvalue weighted by Crippen LogP contribution is 2.23. The molecule has 4 nitrogen and oxygen atoms in total. The first-order valence-electron chi connectivity index (χ1n) is 8.07. The van der Waals surface area contributed by atoms with E-state index in [0.717, 1.165) is 12.0 Å². The Morgan fingerprint density at radius 2 is 1.73 bits per heavy atom. The van der Waals surface area contributed by atoms with Gasteiger partial charge in [-0.3, -0.25) is 0 Å². The molecule has 4 heteroatoms. The van der Waals surface area contributed by atoms with E-state index in [1.807, 2.05) is 12.4 Å². The van der Waals surface area contributed by atoms with Gasteiger partial charge in [0, 0.05) is 44.1 Å². The van der Waals surface area contributed by atoms with E-state index in [9.17, 15) is 0 Å². The quantitative estimate of drug-likeness (QED) is 0.847. The Labute approximate surface area is 132 Å². The molecular formula is C18H24N4. The van der Waals surface area contributed by atoms with Crippen molar-refractivity contribution in [1.29, 1.82) is 0 Å². The van der Waals surface area contributed by atoms with Crippen molar-refractivity contribution in [2.75, 3.05) is 39.8 Å². The van der Waals surface area contributed by atoms with Crippen LogP contribution in [-0.2, 0) is 6.42 Å². The Morgan fingerprint density at radius 3 is 2.50 bits per heavy atom. The molecule has 0 saturated carbocycles. The Morgan fingerprint density at radius 1 is 1.00 bits per heavy atom. The minimum Gasteiger partial charge on any atom is -0.304 e. The molecular weight excluding hydrogens is 272 g/mol. The highest BCUT2D eigenvalue weighted by Gasteiger charge is 2.13. The van der Waals surface area contributed by atoms with Gasteiger partial charge in [-0.1, -0.05) is 24.3 Å². The number of benzene rings is 1. The molecule has 3 rings (SSSR count). The Bertz CT molecular complexity index is 577. The largest absolute Gasteiger partial charge is 0.304 e. The zero-order chi connectivity index (χ0) is 15.2. The average Bonchev–Trinajstić information content (AvgIpc) is 2.58. The first-order valence-corrected chi connectivity index (χ1v) is 8.07. The van der Waals surface area contributed by atoms with Gasteiger partial charge in [-0.2, -0.15) is 0 Å². The monoisotopic (exact) mass is 296 g/mol. The van der Waals surface area contributed by atoms with Gasteiger partial charge in [-0.15, -0.1) is 0 Å².